The van der Waals surface area contributed by atoms with E-state index >= 15 is 0 Å². The van der Waals surface area contributed by atoms with Crippen molar-refractivity contribution in [1.29, 1.82) is 0 Å². The largest absolute Gasteiger partial charge is 0.495 e. The van der Waals surface area contributed by atoms with Gasteiger partial charge in [0.15, 0.2) is 0 Å². The molecule has 1 fully saturated rings. The number of halogens is 1. The molecule has 0 aromatic heterocycles. The monoisotopic (exact) mass is 345 g/mol. The van der Waals surface area contributed by atoms with Crippen LogP contribution in [0, 0.1) is 12.8 Å². The van der Waals surface area contributed by atoms with E-state index in [9.17, 15) is 0 Å². The zero-order valence-corrected chi connectivity index (χ0v) is 14.0. The molecule has 2 aromatic rings. The molecule has 0 heterocycles. The minimum Gasteiger partial charge on any atom is -0.495 e. The maximum Gasteiger partial charge on any atom is 0.142 e. The van der Waals surface area contributed by atoms with Crippen molar-refractivity contribution in [3.05, 3.63) is 58.1 Å². The average molecular weight is 346 g/mol. The van der Waals surface area contributed by atoms with Gasteiger partial charge in [-0.25, -0.2) is 0 Å². The lowest BCUT2D eigenvalue weighted by atomic mass is 10.0. The molecule has 21 heavy (non-hydrogen) atoms. The summed E-state index contributed by atoms with van der Waals surface area (Å²) in [6, 6.07) is 15.3. The van der Waals surface area contributed by atoms with Crippen molar-refractivity contribution in [3.8, 4) is 5.75 Å². The number of methoxy groups -OCH3 is 1. The molecule has 3 rings (SSSR count). The SMILES string of the molecule is COc1ccc(Br)cc1NC(c1ccc(C)cc1)C1CC1. The van der Waals surface area contributed by atoms with E-state index in [4.69, 9.17) is 4.74 Å². The molecule has 2 aromatic carbocycles. The van der Waals surface area contributed by atoms with Crippen LogP contribution in [0.15, 0.2) is 46.9 Å². The molecule has 1 aliphatic rings. The quantitative estimate of drug-likeness (QED) is 0.790. The van der Waals surface area contributed by atoms with E-state index in [-0.39, 0.29) is 0 Å². The van der Waals surface area contributed by atoms with Crippen molar-refractivity contribution < 1.29 is 4.74 Å². The second-order valence-electron chi connectivity index (χ2n) is 5.71. The summed E-state index contributed by atoms with van der Waals surface area (Å²) in [7, 11) is 1.71. The Morgan fingerprint density at radius 2 is 1.86 bits per heavy atom. The first-order chi connectivity index (χ1) is 10.2. The Hall–Kier alpha value is -1.48. The maximum atomic E-state index is 5.47. The summed E-state index contributed by atoms with van der Waals surface area (Å²) >= 11 is 3.54. The van der Waals surface area contributed by atoms with Crippen LogP contribution in [0.2, 0.25) is 0 Å². The molecule has 1 atom stereocenters. The molecule has 0 bridgehead atoms. The second-order valence-corrected chi connectivity index (χ2v) is 6.63. The Labute approximate surface area is 134 Å². The van der Waals surface area contributed by atoms with Gasteiger partial charge in [0.2, 0.25) is 0 Å². The zero-order chi connectivity index (χ0) is 14.8. The third-order valence-corrected chi connectivity index (χ3v) is 4.50. The first-order valence-corrected chi connectivity index (χ1v) is 8.13. The molecule has 2 nitrogen and oxygen atoms in total. The van der Waals surface area contributed by atoms with E-state index in [0.29, 0.717) is 6.04 Å². The van der Waals surface area contributed by atoms with Crippen molar-refractivity contribution >= 4 is 21.6 Å². The molecule has 0 spiro atoms. The van der Waals surface area contributed by atoms with Gasteiger partial charge in [0, 0.05) is 4.47 Å². The first kappa shape index (κ1) is 14.5. The highest BCUT2D eigenvalue weighted by Gasteiger charge is 2.32. The summed E-state index contributed by atoms with van der Waals surface area (Å²) in [5.41, 5.74) is 3.70. The zero-order valence-electron chi connectivity index (χ0n) is 12.4. The van der Waals surface area contributed by atoms with Gasteiger partial charge >= 0.3 is 0 Å². The van der Waals surface area contributed by atoms with Gasteiger partial charge in [-0.3, -0.25) is 0 Å². The Morgan fingerprint density at radius 3 is 2.48 bits per heavy atom. The van der Waals surface area contributed by atoms with E-state index in [1.807, 2.05) is 12.1 Å². The predicted octanol–water partition coefficient (Wildman–Crippen LogP) is 5.33. The summed E-state index contributed by atoms with van der Waals surface area (Å²) in [5.74, 6) is 1.60. The van der Waals surface area contributed by atoms with Crippen LogP contribution in [0.1, 0.15) is 30.0 Å². The number of hydrogen-bond donors (Lipinski definition) is 1. The van der Waals surface area contributed by atoms with Crippen LogP contribution in [0.3, 0.4) is 0 Å². The molecule has 0 saturated heterocycles. The minimum atomic E-state index is 0.355. The third kappa shape index (κ3) is 3.41. The fraction of sp³-hybridized carbons (Fsp3) is 0.333. The van der Waals surface area contributed by atoms with Gasteiger partial charge in [0.05, 0.1) is 18.8 Å². The number of aryl methyl sites for hydroxylation is 1. The van der Waals surface area contributed by atoms with Crippen LogP contribution in [-0.4, -0.2) is 7.11 Å². The van der Waals surface area contributed by atoms with Gasteiger partial charge in [-0.2, -0.15) is 0 Å². The van der Waals surface area contributed by atoms with Crippen molar-refractivity contribution in [2.45, 2.75) is 25.8 Å². The van der Waals surface area contributed by atoms with Gasteiger partial charge in [-0.1, -0.05) is 45.8 Å². The topological polar surface area (TPSA) is 21.3 Å². The van der Waals surface area contributed by atoms with Gasteiger partial charge in [-0.05, 0) is 49.4 Å². The van der Waals surface area contributed by atoms with Crippen LogP contribution < -0.4 is 10.1 Å². The first-order valence-electron chi connectivity index (χ1n) is 7.34. The van der Waals surface area contributed by atoms with Crippen molar-refractivity contribution in [2.75, 3.05) is 12.4 Å². The van der Waals surface area contributed by atoms with E-state index in [1.54, 1.807) is 7.11 Å². The molecule has 0 aliphatic heterocycles. The second kappa shape index (κ2) is 6.10. The van der Waals surface area contributed by atoms with Gasteiger partial charge < -0.3 is 10.1 Å². The van der Waals surface area contributed by atoms with E-state index < -0.39 is 0 Å². The fourth-order valence-corrected chi connectivity index (χ4v) is 3.00. The molecular weight excluding hydrogens is 326 g/mol. The van der Waals surface area contributed by atoms with Crippen LogP contribution in [0.4, 0.5) is 5.69 Å². The Kier molecular flexibility index (Phi) is 4.20. The van der Waals surface area contributed by atoms with E-state index in [0.717, 1.165) is 21.8 Å². The summed E-state index contributed by atoms with van der Waals surface area (Å²) < 4.78 is 6.53. The third-order valence-electron chi connectivity index (χ3n) is 4.00. The minimum absolute atomic E-state index is 0.355. The van der Waals surface area contributed by atoms with Gasteiger partial charge in [-0.15, -0.1) is 0 Å². The van der Waals surface area contributed by atoms with Crippen molar-refractivity contribution in [2.24, 2.45) is 5.92 Å². The summed E-state index contributed by atoms with van der Waals surface area (Å²) in [5, 5.41) is 3.68. The lowest BCUT2D eigenvalue weighted by Crippen LogP contribution is -2.13. The molecule has 1 aliphatic carbocycles. The van der Waals surface area contributed by atoms with Crippen molar-refractivity contribution in [3.63, 3.8) is 0 Å². The van der Waals surface area contributed by atoms with Crippen LogP contribution in [0.5, 0.6) is 5.75 Å². The highest BCUT2D eigenvalue weighted by atomic mass is 79.9. The Balaban J connectivity index is 1.89. The molecule has 110 valence electrons. The lowest BCUT2D eigenvalue weighted by Gasteiger charge is -2.22. The molecule has 3 heteroatoms. The summed E-state index contributed by atoms with van der Waals surface area (Å²) in [4.78, 5) is 0. The van der Waals surface area contributed by atoms with Gasteiger partial charge in [0.25, 0.3) is 0 Å². The van der Waals surface area contributed by atoms with Crippen LogP contribution in [-0.2, 0) is 0 Å². The van der Waals surface area contributed by atoms with Crippen LogP contribution >= 0.6 is 15.9 Å². The molecule has 1 N–H and O–H groups in total. The average Bonchev–Trinajstić information content (AvgIpc) is 3.31. The molecule has 1 saturated carbocycles. The Morgan fingerprint density at radius 1 is 1.14 bits per heavy atom. The molecular formula is C18H20BrNO. The maximum absolute atomic E-state index is 5.47. The number of nitrogens with one attached hydrogen (secondary N) is 1. The number of hydrogen-bond acceptors (Lipinski definition) is 2. The normalized spacial score (nSPS) is 15.6. The van der Waals surface area contributed by atoms with Gasteiger partial charge in [0.1, 0.15) is 5.75 Å². The summed E-state index contributed by atoms with van der Waals surface area (Å²) in [6.45, 7) is 2.13. The molecule has 1 unspecified atom stereocenters. The number of anilines is 1. The standard InChI is InChI=1S/C18H20BrNO/c1-12-3-5-13(6-4-12)18(14-7-8-14)20-16-11-15(19)9-10-17(16)21-2/h3-6,9-11,14,18,20H,7-8H2,1-2H3. The predicted molar refractivity (Wildman–Crippen MR) is 91.0 cm³/mol. The van der Waals surface area contributed by atoms with E-state index in [2.05, 4.69) is 58.5 Å². The number of benzene rings is 2. The highest BCUT2D eigenvalue weighted by Crippen LogP contribution is 2.44. The smallest absolute Gasteiger partial charge is 0.142 e. The van der Waals surface area contributed by atoms with E-state index in [1.165, 1.54) is 24.0 Å². The fourth-order valence-electron chi connectivity index (χ4n) is 2.64. The highest BCUT2D eigenvalue weighted by molar-refractivity contribution is 9.10. The number of rotatable bonds is 5. The lowest BCUT2D eigenvalue weighted by molar-refractivity contribution is 0.415. The van der Waals surface area contributed by atoms with Crippen LogP contribution in [0.25, 0.3) is 0 Å². The Bertz CT molecular complexity index is 620. The molecule has 0 amide bonds. The number of ether oxygens (including phenoxy) is 1. The summed E-state index contributed by atoms with van der Waals surface area (Å²) in [6.07, 6.45) is 2.59. The van der Waals surface area contributed by atoms with Crippen molar-refractivity contribution in [1.82, 2.24) is 0 Å². The molecule has 0 radical (unpaired) electrons.